The zero-order valence-corrected chi connectivity index (χ0v) is 13.8. The van der Waals surface area contributed by atoms with Crippen molar-refractivity contribution in [2.24, 2.45) is 0 Å². The summed E-state index contributed by atoms with van der Waals surface area (Å²) in [5, 5.41) is 5.00. The van der Waals surface area contributed by atoms with Crippen molar-refractivity contribution >= 4 is 28.1 Å². The lowest BCUT2D eigenvalue weighted by Crippen LogP contribution is -2.21. The van der Waals surface area contributed by atoms with Crippen LogP contribution in [-0.2, 0) is 6.54 Å². The number of anilines is 1. The third-order valence-corrected chi connectivity index (χ3v) is 4.95. The summed E-state index contributed by atoms with van der Waals surface area (Å²) >= 11 is 7.69. The standard InChI is InChI=1S/C15H20ClN3S/c1-10-14(9-17-3)20-15(18-10)19(4)11(2)12-5-7-13(16)8-6-12/h5-8,11,17H,9H2,1-4H3. The number of aromatic nitrogens is 1. The van der Waals surface area contributed by atoms with E-state index in [4.69, 9.17) is 11.6 Å². The summed E-state index contributed by atoms with van der Waals surface area (Å²) in [5.41, 5.74) is 2.34. The maximum Gasteiger partial charge on any atom is 0.186 e. The Morgan fingerprint density at radius 2 is 2.00 bits per heavy atom. The van der Waals surface area contributed by atoms with Crippen molar-refractivity contribution in [2.45, 2.75) is 26.4 Å². The van der Waals surface area contributed by atoms with E-state index in [1.54, 1.807) is 11.3 Å². The first-order chi connectivity index (χ1) is 9.52. The van der Waals surface area contributed by atoms with E-state index in [2.05, 4.69) is 48.2 Å². The number of halogens is 1. The molecule has 0 amide bonds. The summed E-state index contributed by atoms with van der Waals surface area (Å²) in [5.74, 6) is 0. The van der Waals surface area contributed by atoms with Gasteiger partial charge in [-0.2, -0.15) is 0 Å². The molecule has 0 bridgehead atoms. The van der Waals surface area contributed by atoms with Gasteiger partial charge in [-0.05, 0) is 38.6 Å². The fourth-order valence-electron chi connectivity index (χ4n) is 2.02. The molecule has 20 heavy (non-hydrogen) atoms. The average molecular weight is 310 g/mol. The first kappa shape index (κ1) is 15.3. The Hall–Kier alpha value is -1.10. The van der Waals surface area contributed by atoms with Crippen LogP contribution in [0.1, 0.15) is 29.1 Å². The molecule has 0 aliphatic heterocycles. The fourth-order valence-corrected chi connectivity index (χ4v) is 3.26. The molecule has 1 atom stereocenters. The molecule has 0 saturated heterocycles. The van der Waals surface area contributed by atoms with E-state index in [0.29, 0.717) is 0 Å². The molecule has 0 aliphatic carbocycles. The van der Waals surface area contributed by atoms with E-state index in [1.807, 2.05) is 19.2 Å². The van der Waals surface area contributed by atoms with Crippen LogP contribution in [0.4, 0.5) is 5.13 Å². The third kappa shape index (κ3) is 3.32. The van der Waals surface area contributed by atoms with Gasteiger partial charge >= 0.3 is 0 Å². The Morgan fingerprint density at radius 1 is 1.35 bits per heavy atom. The summed E-state index contributed by atoms with van der Waals surface area (Å²) < 4.78 is 0. The number of hydrogen-bond donors (Lipinski definition) is 1. The van der Waals surface area contributed by atoms with E-state index in [0.717, 1.165) is 22.4 Å². The van der Waals surface area contributed by atoms with E-state index in [9.17, 15) is 0 Å². The highest BCUT2D eigenvalue weighted by Gasteiger charge is 2.17. The molecular formula is C15H20ClN3S. The minimum Gasteiger partial charge on any atom is -0.344 e. The second-order valence-electron chi connectivity index (χ2n) is 4.87. The highest BCUT2D eigenvalue weighted by molar-refractivity contribution is 7.15. The van der Waals surface area contributed by atoms with E-state index < -0.39 is 0 Å². The van der Waals surface area contributed by atoms with Crippen LogP contribution < -0.4 is 10.2 Å². The highest BCUT2D eigenvalue weighted by Crippen LogP contribution is 2.31. The topological polar surface area (TPSA) is 28.2 Å². The summed E-state index contributed by atoms with van der Waals surface area (Å²) in [4.78, 5) is 8.17. The Kier molecular flexibility index (Phi) is 5.02. The van der Waals surface area contributed by atoms with E-state index >= 15 is 0 Å². The van der Waals surface area contributed by atoms with Crippen molar-refractivity contribution in [1.82, 2.24) is 10.3 Å². The van der Waals surface area contributed by atoms with Gasteiger partial charge in [-0.1, -0.05) is 23.7 Å². The smallest absolute Gasteiger partial charge is 0.186 e. The maximum atomic E-state index is 5.94. The quantitative estimate of drug-likeness (QED) is 0.904. The number of rotatable bonds is 5. The predicted molar refractivity (Wildman–Crippen MR) is 87.9 cm³/mol. The number of nitrogens with zero attached hydrogens (tertiary/aromatic N) is 2. The van der Waals surface area contributed by atoms with Gasteiger partial charge in [0.1, 0.15) is 0 Å². The largest absolute Gasteiger partial charge is 0.344 e. The molecule has 0 fully saturated rings. The first-order valence-electron chi connectivity index (χ1n) is 6.62. The fraction of sp³-hybridized carbons (Fsp3) is 0.400. The van der Waals surface area contributed by atoms with Crippen LogP contribution in [0.25, 0.3) is 0 Å². The minimum absolute atomic E-state index is 0.264. The van der Waals surface area contributed by atoms with Crippen molar-refractivity contribution in [2.75, 3.05) is 19.0 Å². The van der Waals surface area contributed by atoms with Gasteiger partial charge in [0, 0.05) is 23.5 Å². The molecule has 1 aromatic carbocycles. The SMILES string of the molecule is CNCc1sc(N(C)C(C)c2ccc(Cl)cc2)nc1C. The molecule has 1 heterocycles. The van der Waals surface area contributed by atoms with Crippen LogP contribution in [0.5, 0.6) is 0 Å². The summed E-state index contributed by atoms with van der Waals surface area (Å²) in [6.07, 6.45) is 0. The number of benzene rings is 1. The zero-order valence-electron chi connectivity index (χ0n) is 12.3. The van der Waals surface area contributed by atoms with Crippen LogP contribution >= 0.6 is 22.9 Å². The molecule has 2 aromatic rings. The normalized spacial score (nSPS) is 12.4. The summed E-state index contributed by atoms with van der Waals surface area (Å²) in [6.45, 7) is 5.11. The number of hydrogen-bond acceptors (Lipinski definition) is 4. The Balaban J connectivity index is 2.19. The highest BCUT2D eigenvalue weighted by atomic mass is 35.5. The van der Waals surface area contributed by atoms with Gasteiger partial charge in [-0.15, -0.1) is 11.3 Å². The second-order valence-corrected chi connectivity index (χ2v) is 6.37. The first-order valence-corrected chi connectivity index (χ1v) is 7.81. The van der Waals surface area contributed by atoms with Crippen molar-refractivity contribution in [3.63, 3.8) is 0 Å². The lowest BCUT2D eigenvalue weighted by molar-refractivity contribution is 0.735. The van der Waals surface area contributed by atoms with Crippen LogP contribution in [0.2, 0.25) is 5.02 Å². The predicted octanol–water partition coefficient (Wildman–Crippen LogP) is 4.02. The molecule has 3 nitrogen and oxygen atoms in total. The Bertz CT molecular complexity index is 565. The van der Waals surface area contributed by atoms with Crippen LogP contribution in [0.15, 0.2) is 24.3 Å². The van der Waals surface area contributed by atoms with E-state index in [1.165, 1.54) is 10.4 Å². The number of thiazole rings is 1. The molecule has 1 unspecified atom stereocenters. The monoisotopic (exact) mass is 309 g/mol. The molecule has 2 rings (SSSR count). The molecule has 108 valence electrons. The molecule has 0 radical (unpaired) electrons. The van der Waals surface area contributed by atoms with Crippen LogP contribution in [-0.4, -0.2) is 19.1 Å². The Labute approximate surface area is 129 Å². The second kappa shape index (κ2) is 6.57. The molecule has 1 aromatic heterocycles. The van der Waals surface area contributed by atoms with Crippen LogP contribution in [0.3, 0.4) is 0 Å². The molecule has 5 heteroatoms. The molecule has 0 spiro atoms. The van der Waals surface area contributed by atoms with Gasteiger partial charge in [-0.3, -0.25) is 0 Å². The van der Waals surface area contributed by atoms with Crippen molar-refractivity contribution in [3.8, 4) is 0 Å². The molecule has 0 saturated carbocycles. The molecular weight excluding hydrogens is 290 g/mol. The average Bonchev–Trinajstić information content (AvgIpc) is 2.80. The van der Waals surface area contributed by atoms with Gasteiger partial charge in [-0.25, -0.2) is 4.98 Å². The molecule has 1 N–H and O–H groups in total. The van der Waals surface area contributed by atoms with Gasteiger partial charge < -0.3 is 10.2 Å². The van der Waals surface area contributed by atoms with E-state index in [-0.39, 0.29) is 6.04 Å². The lowest BCUT2D eigenvalue weighted by atomic mass is 10.1. The van der Waals surface area contributed by atoms with Gasteiger partial charge in [0.15, 0.2) is 5.13 Å². The van der Waals surface area contributed by atoms with Gasteiger partial charge in [0.2, 0.25) is 0 Å². The number of nitrogens with one attached hydrogen (secondary N) is 1. The van der Waals surface area contributed by atoms with Gasteiger partial charge in [0.05, 0.1) is 11.7 Å². The van der Waals surface area contributed by atoms with Crippen molar-refractivity contribution in [1.29, 1.82) is 0 Å². The van der Waals surface area contributed by atoms with Crippen molar-refractivity contribution < 1.29 is 0 Å². The maximum absolute atomic E-state index is 5.94. The minimum atomic E-state index is 0.264. The molecule has 0 aliphatic rings. The third-order valence-electron chi connectivity index (χ3n) is 3.45. The van der Waals surface area contributed by atoms with Crippen molar-refractivity contribution in [3.05, 3.63) is 45.4 Å². The lowest BCUT2D eigenvalue weighted by Gasteiger charge is -2.24. The van der Waals surface area contributed by atoms with Gasteiger partial charge in [0.25, 0.3) is 0 Å². The number of aryl methyl sites for hydroxylation is 1. The zero-order chi connectivity index (χ0) is 14.7. The summed E-state index contributed by atoms with van der Waals surface area (Å²) in [6, 6.07) is 8.26. The van der Waals surface area contributed by atoms with Crippen LogP contribution in [0, 0.1) is 6.92 Å². The summed E-state index contributed by atoms with van der Waals surface area (Å²) in [7, 11) is 4.04. The Morgan fingerprint density at radius 3 is 2.60 bits per heavy atom.